The van der Waals surface area contributed by atoms with E-state index in [4.69, 9.17) is 28.5 Å². The maximum Gasteiger partial charge on any atom is 0.431 e. The van der Waals surface area contributed by atoms with Crippen LogP contribution in [0.15, 0.2) is 12.7 Å². The van der Waals surface area contributed by atoms with Gasteiger partial charge in [-0.1, -0.05) is 33.8 Å². The Hall–Kier alpha value is -3.11. The number of fused-ring (bicyclic) bond motifs is 1. The van der Waals surface area contributed by atoms with Crippen molar-refractivity contribution in [1.29, 1.82) is 0 Å². The lowest BCUT2D eigenvalue weighted by molar-refractivity contribution is -0.293. The van der Waals surface area contributed by atoms with Gasteiger partial charge >= 0.3 is 18.2 Å². The first-order chi connectivity index (χ1) is 22.8. The van der Waals surface area contributed by atoms with Crippen molar-refractivity contribution in [3.05, 3.63) is 12.7 Å². The number of carbonyl (C=O) groups is 5. The molecule has 3 fully saturated rings. The Bertz CT molecular complexity index is 1250. The number of aliphatic hydroxyl groups excluding tert-OH is 1. The molecule has 0 aromatic carbocycles. The highest BCUT2D eigenvalue weighted by Crippen LogP contribution is 2.40. The number of hydrogen-bond acceptors (Lipinski definition) is 13. The Morgan fingerprint density at radius 3 is 2.35 bits per heavy atom. The molecule has 0 spiro atoms. The first-order valence-corrected chi connectivity index (χ1v) is 17.0. The number of ether oxygens (including phenoxy) is 5. The zero-order valence-corrected chi connectivity index (χ0v) is 30.3. The summed E-state index contributed by atoms with van der Waals surface area (Å²) in [5, 5.41) is 14.1. The van der Waals surface area contributed by atoms with Gasteiger partial charge in [0.2, 0.25) is 0 Å². The van der Waals surface area contributed by atoms with E-state index in [1.807, 2.05) is 25.9 Å². The van der Waals surface area contributed by atoms with Gasteiger partial charge in [-0.25, -0.2) is 9.59 Å². The molecule has 0 aromatic heterocycles. The van der Waals surface area contributed by atoms with Gasteiger partial charge in [0.25, 0.3) is 0 Å². The molecule has 0 aromatic rings. The van der Waals surface area contributed by atoms with Crippen LogP contribution >= 0.6 is 0 Å². The Morgan fingerprint density at radius 1 is 1.10 bits per heavy atom. The minimum atomic E-state index is -1.76. The van der Waals surface area contributed by atoms with Crippen LogP contribution in [0.3, 0.4) is 0 Å². The van der Waals surface area contributed by atoms with E-state index in [-0.39, 0.29) is 37.4 Å². The van der Waals surface area contributed by atoms with Crippen LogP contribution < -0.4 is 10.8 Å². The molecule has 3 rings (SSSR count). The van der Waals surface area contributed by atoms with E-state index in [9.17, 15) is 29.1 Å². The summed E-state index contributed by atoms with van der Waals surface area (Å²) in [6.45, 7) is 16.4. The second-order valence-corrected chi connectivity index (χ2v) is 14.3. The largest absolute Gasteiger partial charge is 0.458 e. The number of hydroxylamine groups is 1. The molecule has 15 heteroatoms. The van der Waals surface area contributed by atoms with Crippen LogP contribution in [0.2, 0.25) is 0 Å². The number of ketones is 2. The van der Waals surface area contributed by atoms with E-state index in [1.54, 1.807) is 27.7 Å². The molecule has 3 N–H and O–H groups in total. The lowest BCUT2D eigenvalue weighted by atomic mass is 9.73. The van der Waals surface area contributed by atoms with Crippen LogP contribution in [0.4, 0.5) is 9.59 Å². The van der Waals surface area contributed by atoms with Crippen LogP contribution in [-0.4, -0.2) is 114 Å². The van der Waals surface area contributed by atoms with Crippen molar-refractivity contribution in [2.45, 2.75) is 129 Å². The second kappa shape index (κ2) is 16.3. The number of cyclic esters (lactones) is 1. The van der Waals surface area contributed by atoms with Crippen molar-refractivity contribution < 1.29 is 57.6 Å². The van der Waals surface area contributed by atoms with E-state index >= 15 is 0 Å². The molecule has 13 atom stereocenters. The van der Waals surface area contributed by atoms with Gasteiger partial charge in [0.1, 0.15) is 35.6 Å². The Balaban J connectivity index is 2.17. The predicted octanol–water partition coefficient (Wildman–Crippen LogP) is 2.68. The van der Waals surface area contributed by atoms with Crippen LogP contribution in [-0.2, 0) is 42.9 Å². The average molecular weight is 698 g/mol. The average Bonchev–Trinajstić information content (AvgIpc) is 3.35. The van der Waals surface area contributed by atoms with Gasteiger partial charge in [0, 0.05) is 23.8 Å². The number of Topliss-reactive ketones (excluding diaryl/α,β-unsaturated/α-hetero) is 2. The summed E-state index contributed by atoms with van der Waals surface area (Å²) in [6, 6.07) is -1.27. The third-order valence-corrected chi connectivity index (χ3v) is 10.1. The number of amides is 2. The number of hydrogen-bond donors (Lipinski definition) is 3. The number of carbonyl (C=O) groups excluding carboxylic acids is 5. The number of likely N-dealkylation sites (N-methyl/N-ethyl adjacent to an activating group) is 1. The predicted molar refractivity (Wildman–Crippen MR) is 175 cm³/mol. The highest BCUT2D eigenvalue weighted by atomic mass is 16.7. The third kappa shape index (κ3) is 8.80. The fourth-order valence-electron chi connectivity index (χ4n) is 7.48. The topological polar surface area (TPSA) is 188 Å². The normalized spacial score (nSPS) is 40.8. The summed E-state index contributed by atoms with van der Waals surface area (Å²) in [5.74, 6) is -6.00. The summed E-state index contributed by atoms with van der Waals surface area (Å²) in [4.78, 5) is 74.7. The Labute approximate surface area is 288 Å². The number of esters is 1. The van der Waals surface area contributed by atoms with Gasteiger partial charge in [-0.2, -0.15) is 5.48 Å². The highest BCUT2D eigenvalue weighted by molar-refractivity contribution is 6.00. The number of alkyl carbamates (subject to hydrolysis) is 1. The quantitative estimate of drug-likeness (QED) is 0.0840. The first kappa shape index (κ1) is 40.3. The molecule has 15 nitrogen and oxygen atoms in total. The molecular weight excluding hydrogens is 642 g/mol. The molecule has 3 saturated heterocycles. The van der Waals surface area contributed by atoms with Crippen molar-refractivity contribution in [2.75, 3.05) is 20.7 Å². The van der Waals surface area contributed by atoms with Gasteiger partial charge in [0.05, 0.1) is 18.8 Å². The van der Waals surface area contributed by atoms with Gasteiger partial charge in [-0.05, 0) is 61.1 Å². The number of aliphatic hydroxyl groups is 1. The minimum absolute atomic E-state index is 0.0364. The summed E-state index contributed by atoms with van der Waals surface area (Å²) in [6.07, 6.45) is -5.01. The summed E-state index contributed by atoms with van der Waals surface area (Å²) in [5.41, 5.74) is -1.03. The third-order valence-electron chi connectivity index (χ3n) is 10.1. The molecule has 0 aliphatic carbocycles. The summed E-state index contributed by atoms with van der Waals surface area (Å²) >= 11 is 0. The molecule has 0 saturated carbocycles. The van der Waals surface area contributed by atoms with E-state index < -0.39 is 89.5 Å². The highest BCUT2D eigenvalue weighted by Gasteiger charge is 2.57. The molecule has 49 heavy (non-hydrogen) atoms. The van der Waals surface area contributed by atoms with Crippen molar-refractivity contribution in [3.8, 4) is 0 Å². The smallest absolute Gasteiger partial charge is 0.431 e. The summed E-state index contributed by atoms with van der Waals surface area (Å²) < 4.78 is 30.0. The molecule has 278 valence electrons. The molecule has 3 aliphatic heterocycles. The standard InChI is InChI=1S/C34H55N3O12/c1-12-14-44-36-32(43)48-33(8)16-17(3)24(38)19(5)27-34(9,49-31(42)35-27)23(13-2)46-29(41)21(7)25(39)20(6)28(33)47-30-26(40)22(37(10)11)15-18(4)45-30/h12,17-23,26-28,30,40H,1,13-16H2,2-11H3,(H,35,42)(H,36,43)/t17-,18-,19+,20+,21-,22+,23-,26-,27-,28-,30+,33-,34-/m1/s1. The van der Waals surface area contributed by atoms with Crippen LogP contribution in [0.5, 0.6) is 0 Å². The molecule has 3 aliphatic rings. The lowest BCUT2D eigenvalue weighted by Crippen LogP contribution is -2.60. The van der Waals surface area contributed by atoms with E-state index in [2.05, 4.69) is 17.4 Å². The van der Waals surface area contributed by atoms with E-state index in [0.717, 1.165) is 0 Å². The lowest BCUT2D eigenvalue weighted by Gasteiger charge is -2.47. The monoisotopic (exact) mass is 697 g/mol. The van der Waals surface area contributed by atoms with E-state index in [1.165, 1.54) is 26.8 Å². The van der Waals surface area contributed by atoms with Crippen molar-refractivity contribution >= 4 is 29.7 Å². The van der Waals surface area contributed by atoms with Crippen molar-refractivity contribution in [3.63, 3.8) is 0 Å². The van der Waals surface area contributed by atoms with Crippen molar-refractivity contribution in [2.24, 2.45) is 23.7 Å². The van der Waals surface area contributed by atoms with Gasteiger partial charge < -0.3 is 39.0 Å². The van der Waals surface area contributed by atoms with Gasteiger partial charge in [-0.3, -0.25) is 19.2 Å². The fourth-order valence-corrected chi connectivity index (χ4v) is 7.48. The van der Waals surface area contributed by atoms with Crippen molar-refractivity contribution in [1.82, 2.24) is 15.7 Å². The molecule has 2 amide bonds. The maximum atomic E-state index is 14.2. The first-order valence-electron chi connectivity index (χ1n) is 17.0. The van der Waals surface area contributed by atoms with Gasteiger partial charge in [-0.15, -0.1) is 6.58 Å². The molecule has 0 unspecified atom stereocenters. The van der Waals surface area contributed by atoms with Gasteiger partial charge in [0.15, 0.2) is 17.7 Å². The second-order valence-electron chi connectivity index (χ2n) is 14.3. The molecule has 0 bridgehead atoms. The molecule has 3 heterocycles. The zero-order chi connectivity index (χ0) is 37.0. The SMILES string of the molecule is C=CCONC(=O)O[C@]1(C)C[C@@H](C)C(=O)[C@H](C)[C@H]2NC(=O)O[C@]2(C)[C@@H](CC)OC(=O)[C@H](C)C(=O)[C@H](C)[C@H]1O[C@@H]1O[C@H](C)C[C@H](N(C)C)[C@H]1O. The van der Waals surface area contributed by atoms with Crippen LogP contribution in [0, 0.1) is 23.7 Å². The maximum absolute atomic E-state index is 14.2. The van der Waals surface area contributed by atoms with Crippen LogP contribution in [0.1, 0.15) is 74.7 Å². The molecule has 0 radical (unpaired) electrons. The fraction of sp³-hybridized carbons (Fsp3) is 0.794. The Morgan fingerprint density at radius 2 is 1.76 bits per heavy atom. The van der Waals surface area contributed by atoms with E-state index in [0.29, 0.717) is 6.42 Å². The Kier molecular flexibility index (Phi) is 13.4. The zero-order valence-electron chi connectivity index (χ0n) is 30.3. The minimum Gasteiger partial charge on any atom is -0.458 e. The number of nitrogens with one attached hydrogen (secondary N) is 2. The van der Waals surface area contributed by atoms with Crippen LogP contribution in [0.25, 0.3) is 0 Å². The summed E-state index contributed by atoms with van der Waals surface area (Å²) in [7, 11) is 3.62. The number of rotatable bonds is 8. The molecular formula is C34H55N3O12. The number of nitrogens with zero attached hydrogens (tertiary/aromatic N) is 1.